The summed E-state index contributed by atoms with van der Waals surface area (Å²) in [6.07, 6.45) is 1.98. The van der Waals surface area contributed by atoms with Crippen LogP contribution in [-0.4, -0.2) is 145 Å². The summed E-state index contributed by atoms with van der Waals surface area (Å²) < 4.78 is 41.3. The molecule has 0 bridgehead atoms. The van der Waals surface area contributed by atoms with Crippen molar-refractivity contribution in [2.24, 2.45) is 16.2 Å². The Bertz CT molecular complexity index is 2300. The molecule has 73 heavy (non-hydrogen) atoms. The molecule has 16 nitrogen and oxygen atoms in total. The van der Waals surface area contributed by atoms with Crippen molar-refractivity contribution in [3.63, 3.8) is 0 Å². The summed E-state index contributed by atoms with van der Waals surface area (Å²) in [6.45, 7) is 21.9. The van der Waals surface area contributed by atoms with Gasteiger partial charge >= 0.3 is 0 Å². The molecule has 2 fully saturated rings. The van der Waals surface area contributed by atoms with Crippen LogP contribution in [0.3, 0.4) is 0 Å². The van der Waals surface area contributed by atoms with E-state index in [1.807, 2.05) is 19.1 Å². The Hall–Kier alpha value is -4.83. The molecule has 3 aliphatic rings. The second-order valence-corrected chi connectivity index (χ2v) is 21.9. The molecular weight excluding hydrogens is 952 g/mol. The van der Waals surface area contributed by atoms with Crippen LogP contribution in [-0.2, 0) is 39.7 Å². The molecule has 0 unspecified atom stereocenters. The van der Waals surface area contributed by atoms with Crippen molar-refractivity contribution in [2.75, 3.05) is 86.2 Å². The van der Waals surface area contributed by atoms with E-state index in [0.29, 0.717) is 107 Å². The minimum Gasteiger partial charge on any atom is -0.491 e. The van der Waals surface area contributed by atoms with Crippen LogP contribution in [0.4, 0.5) is 0 Å². The van der Waals surface area contributed by atoms with Gasteiger partial charge < -0.3 is 54.4 Å². The lowest BCUT2D eigenvalue weighted by Crippen LogP contribution is -2.74. The zero-order chi connectivity index (χ0) is 52.8. The topological polar surface area (TPSA) is 191 Å². The predicted octanol–water partition coefficient (Wildman–Crippen LogP) is 6.67. The summed E-state index contributed by atoms with van der Waals surface area (Å²) in [6, 6.07) is 21.2. The third-order valence-electron chi connectivity index (χ3n) is 14.5. The van der Waals surface area contributed by atoms with Gasteiger partial charge in [-0.15, -0.1) is 0 Å². The van der Waals surface area contributed by atoms with E-state index in [2.05, 4.69) is 92.8 Å². The van der Waals surface area contributed by atoms with E-state index in [-0.39, 0.29) is 76.4 Å². The van der Waals surface area contributed by atoms with Crippen LogP contribution in [0.15, 0.2) is 66.7 Å². The second kappa shape index (κ2) is 26.6. The quantitative estimate of drug-likeness (QED) is 0.0565. The number of benzene rings is 3. The molecule has 5 atom stereocenters. The summed E-state index contributed by atoms with van der Waals surface area (Å²) in [5.41, 5.74) is 2.24. The number of nitrogens with zero attached hydrogens (tertiary/aromatic N) is 2. The van der Waals surface area contributed by atoms with Gasteiger partial charge in [0.05, 0.1) is 94.3 Å². The lowest BCUT2D eigenvalue weighted by molar-refractivity contribution is -0.164. The summed E-state index contributed by atoms with van der Waals surface area (Å²) >= 11 is 6.24. The number of rotatable bonds is 28. The first kappa shape index (κ1) is 57.4. The molecule has 0 radical (unpaired) electrons. The Balaban J connectivity index is 0.789. The molecule has 17 heteroatoms. The average molecular weight is 1030 g/mol. The molecule has 400 valence electrons. The number of carbonyl (C=O) groups excluding carboxylic acids is 3. The first-order valence-electron chi connectivity index (χ1n) is 25.8. The van der Waals surface area contributed by atoms with Crippen molar-refractivity contribution < 1.29 is 47.5 Å². The van der Waals surface area contributed by atoms with Gasteiger partial charge in [-0.05, 0) is 86.3 Å². The Labute approximate surface area is 437 Å². The first-order valence-corrected chi connectivity index (χ1v) is 26.1. The molecule has 0 aromatic heterocycles. The van der Waals surface area contributed by atoms with Crippen molar-refractivity contribution in [2.45, 2.75) is 117 Å². The van der Waals surface area contributed by atoms with Crippen molar-refractivity contribution in [1.29, 1.82) is 5.26 Å². The first-order chi connectivity index (χ1) is 34.8. The highest BCUT2D eigenvalue weighted by Gasteiger charge is 2.64. The molecular formula is C56H79ClN6O10. The summed E-state index contributed by atoms with van der Waals surface area (Å²) in [5.74, 6) is 0.985. The predicted molar refractivity (Wildman–Crippen MR) is 280 cm³/mol. The van der Waals surface area contributed by atoms with Crippen LogP contribution in [0, 0.1) is 27.6 Å². The number of nitriles is 1. The number of carbonyl (C=O) groups is 3. The number of nitrogens with one attached hydrogen (secondary N) is 4. The fourth-order valence-corrected chi connectivity index (χ4v) is 10.6. The standard InChI is InChI=1S/C56H79ClN6O10/c1-37(59-9)49(64)60-47(54(2,3)4)36-63-22-12-15-45(63)51(66)61-48-43-14-11-10-13-39(43)33-46(48)72-32-30-70-28-26-68-24-23-67-25-27-69-29-31-71-41-19-16-38(17-20-41)50(65)62-52-55(5,6)53(56(52,7)8)73-42-21-18-40(35-58)44(57)34-42/h10-11,13-14,16-21,34,37,45-48,52-53,59H,12,15,22-33,36H2,1-9H3,(H,60,64)(H,61,66)(H,62,65)/t37-,45-,46+,47+,48-,52?,53?/m0/s1. The number of hydrogen-bond acceptors (Lipinski definition) is 13. The maximum atomic E-state index is 14.0. The number of fused-ring (bicyclic) bond motifs is 1. The van der Waals surface area contributed by atoms with Crippen molar-refractivity contribution >= 4 is 29.3 Å². The normalized spacial score (nSPS) is 21.8. The summed E-state index contributed by atoms with van der Waals surface area (Å²) in [7, 11) is 1.77. The number of likely N-dealkylation sites (N-methyl/N-ethyl adjacent to an activating group) is 1. The van der Waals surface area contributed by atoms with Crippen LogP contribution >= 0.6 is 11.6 Å². The molecule has 2 aliphatic carbocycles. The van der Waals surface area contributed by atoms with Crippen LogP contribution in [0.25, 0.3) is 0 Å². The minimum absolute atomic E-state index is 0.00927. The molecule has 1 saturated carbocycles. The minimum atomic E-state index is -0.372. The monoisotopic (exact) mass is 1030 g/mol. The van der Waals surface area contributed by atoms with Gasteiger partial charge in [-0.1, -0.05) is 84.3 Å². The smallest absolute Gasteiger partial charge is 0.251 e. The Kier molecular flexibility index (Phi) is 20.9. The number of likely N-dealkylation sites (tertiary alicyclic amines) is 1. The third-order valence-corrected chi connectivity index (χ3v) is 14.8. The second-order valence-electron chi connectivity index (χ2n) is 21.5. The Morgan fingerprint density at radius 3 is 2.03 bits per heavy atom. The maximum absolute atomic E-state index is 14.0. The molecule has 1 aliphatic heterocycles. The average Bonchev–Trinajstić information content (AvgIpc) is 3.98. The van der Waals surface area contributed by atoms with Gasteiger partial charge in [0.15, 0.2) is 0 Å². The largest absolute Gasteiger partial charge is 0.491 e. The van der Waals surface area contributed by atoms with Gasteiger partial charge in [0, 0.05) is 47.5 Å². The molecule has 6 rings (SSSR count). The number of ether oxygens (including phenoxy) is 7. The fourth-order valence-electron chi connectivity index (χ4n) is 10.4. The highest BCUT2D eigenvalue weighted by atomic mass is 35.5. The third kappa shape index (κ3) is 15.4. The Morgan fingerprint density at radius 2 is 1.42 bits per heavy atom. The molecule has 1 saturated heterocycles. The number of amides is 3. The van der Waals surface area contributed by atoms with E-state index in [4.69, 9.17) is 44.8 Å². The fraction of sp³-hybridized carbons (Fsp3) is 0.607. The molecule has 0 spiro atoms. The molecule has 3 amide bonds. The van der Waals surface area contributed by atoms with E-state index >= 15 is 0 Å². The van der Waals surface area contributed by atoms with Gasteiger partial charge in [-0.2, -0.15) is 5.26 Å². The maximum Gasteiger partial charge on any atom is 0.251 e. The summed E-state index contributed by atoms with van der Waals surface area (Å²) in [5, 5.41) is 22.4. The van der Waals surface area contributed by atoms with Crippen molar-refractivity contribution in [3.05, 3.63) is 94.0 Å². The lowest BCUT2D eigenvalue weighted by Gasteiger charge is -2.63. The van der Waals surface area contributed by atoms with E-state index in [1.165, 1.54) is 5.56 Å². The molecule has 3 aromatic carbocycles. The molecule has 4 N–H and O–H groups in total. The van der Waals surface area contributed by atoms with E-state index in [1.54, 1.807) is 49.5 Å². The van der Waals surface area contributed by atoms with Gasteiger partial charge in [0.2, 0.25) is 11.8 Å². The van der Waals surface area contributed by atoms with Gasteiger partial charge in [-0.3, -0.25) is 19.3 Å². The highest BCUT2D eigenvalue weighted by molar-refractivity contribution is 6.31. The van der Waals surface area contributed by atoms with E-state index in [0.717, 1.165) is 24.9 Å². The highest BCUT2D eigenvalue weighted by Crippen LogP contribution is 2.55. The van der Waals surface area contributed by atoms with Crippen molar-refractivity contribution in [1.82, 2.24) is 26.2 Å². The molecule has 1 heterocycles. The van der Waals surface area contributed by atoms with Gasteiger partial charge in [0.25, 0.3) is 5.91 Å². The van der Waals surface area contributed by atoms with E-state index in [9.17, 15) is 19.6 Å². The SMILES string of the molecule is CN[C@@H](C)C(=O)N[C@H](CN1CCC[C@H]1C(=O)N[C@H]1c2ccccc2C[C@H]1OCCOCCOCCOCCOCCOc1ccc(C(=O)NC2C(C)(C)C(Oc3ccc(C#N)c(Cl)c3)C2(C)C)cc1)C(C)(C)C. The van der Waals surface area contributed by atoms with Gasteiger partial charge in [-0.25, -0.2) is 0 Å². The molecule has 3 aromatic rings. The van der Waals surface area contributed by atoms with Crippen LogP contribution < -0.4 is 30.7 Å². The zero-order valence-electron chi connectivity index (χ0n) is 44.4. The number of halogens is 1. The van der Waals surface area contributed by atoms with Crippen molar-refractivity contribution in [3.8, 4) is 17.6 Å². The van der Waals surface area contributed by atoms with E-state index < -0.39 is 0 Å². The number of hydrogen-bond donors (Lipinski definition) is 4. The van der Waals surface area contributed by atoms with Crippen LogP contribution in [0.2, 0.25) is 5.02 Å². The Morgan fingerprint density at radius 1 is 0.822 bits per heavy atom. The lowest BCUT2D eigenvalue weighted by atomic mass is 9.49. The van der Waals surface area contributed by atoms with Crippen LogP contribution in [0.1, 0.15) is 101 Å². The summed E-state index contributed by atoms with van der Waals surface area (Å²) in [4.78, 5) is 42.3. The zero-order valence-corrected chi connectivity index (χ0v) is 45.1. The van der Waals surface area contributed by atoms with Gasteiger partial charge in [0.1, 0.15) is 30.3 Å². The van der Waals surface area contributed by atoms with Crippen LogP contribution in [0.5, 0.6) is 11.5 Å².